The van der Waals surface area contributed by atoms with Gasteiger partial charge in [0.1, 0.15) is 16.0 Å². The van der Waals surface area contributed by atoms with Gasteiger partial charge in [-0.3, -0.25) is 19.3 Å². The molecule has 0 fully saturated rings. The highest BCUT2D eigenvalue weighted by Crippen LogP contribution is 2.44. The number of fused-ring (bicyclic) bond motifs is 1. The lowest BCUT2D eigenvalue weighted by Gasteiger charge is -2.28. The summed E-state index contributed by atoms with van der Waals surface area (Å²) >= 11 is 4.95. The highest BCUT2D eigenvalue weighted by Gasteiger charge is 2.32. The number of carbonyl (C=O) groups is 3. The molecule has 7 N–H and O–H groups in total. The molecule has 1 aliphatic rings. The third-order valence-corrected chi connectivity index (χ3v) is 7.58. The Bertz CT molecular complexity index is 977. The van der Waals surface area contributed by atoms with E-state index in [2.05, 4.69) is 26.1 Å². The number of Topliss-reactive ketones (excluding diaryl/α,β-unsaturated/α-hetero) is 1. The summed E-state index contributed by atoms with van der Waals surface area (Å²) in [6, 6.07) is 5.62. The van der Waals surface area contributed by atoms with Crippen molar-refractivity contribution in [2.75, 3.05) is 24.6 Å². The average molecular weight is 480 g/mol. The molecule has 10 heteroatoms. The van der Waals surface area contributed by atoms with Crippen LogP contribution in [0.1, 0.15) is 42.5 Å². The van der Waals surface area contributed by atoms with Crippen LogP contribution in [0.2, 0.25) is 0 Å². The number of likely N-dealkylation sites (N-methyl/N-ethyl adjacent to an activating group) is 1. The van der Waals surface area contributed by atoms with Gasteiger partial charge in [0, 0.05) is 29.1 Å². The first-order chi connectivity index (χ1) is 13.7. The maximum Gasteiger partial charge on any atom is 0.251 e. The summed E-state index contributed by atoms with van der Waals surface area (Å²) in [6.45, 7) is 0.754. The van der Waals surface area contributed by atoms with Gasteiger partial charge in [0.25, 0.3) is 5.91 Å². The number of alkyl halides is 1. The number of hydrogen-bond donors (Lipinski definition) is 4. The van der Waals surface area contributed by atoms with Gasteiger partial charge in [-0.05, 0) is 31.2 Å². The number of nitrogen functional groups attached to an aromatic ring is 1. The van der Waals surface area contributed by atoms with E-state index in [0.717, 1.165) is 17.0 Å². The van der Waals surface area contributed by atoms with Crippen LogP contribution in [0, 0.1) is 0 Å². The lowest BCUT2D eigenvalue weighted by Crippen LogP contribution is -2.37. The molecule has 1 aliphatic heterocycles. The van der Waals surface area contributed by atoms with Crippen LogP contribution < -0.4 is 22.5 Å². The van der Waals surface area contributed by atoms with Crippen molar-refractivity contribution < 1.29 is 14.4 Å². The Hall–Kier alpha value is -2.43. The Balaban J connectivity index is 1.91. The molecule has 0 saturated carbocycles. The highest BCUT2D eigenvalue weighted by molar-refractivity contribution is 9.09. The fourth-order valence-corrected chi connectivity index (χ4v) is 5.43. The van der Waals surface area contributed by atoms with E-state index in [9.17, 15) is 14.4 Å². The molecule has 0 saturated heterocycles. The number of nitrogens with one attached hydrogen (secondary N) is 1. The number of benzene rings is 1. The van der Waals surface area contributed by atoms with Crippen LogP contribution in [0.3, 0.4) is 0 Å². The van der Waals surface area contributed by atoms with Gasteiger partial charge in [-0.1, -0.05) is 28.1 Å². The number of anilines is 2. The summed E-state index contributed by atoms with van der Waals surface area (Å²) in [5, 5.41) is 3.43. The number of rotatable bonds is 7. The molecule has 0 spiro atoms. The van der Waals surface area contributed by atoms with Crippen LogP contribution in [-0.2, 0) is 11.2 Å². The van der Waals surface area contributed by atoms with E-state index in [-0.39, 0.29) is 17.2 Å². The first kappa shape index (κ1) is 21.3. The number of thiophene rings is 1. The third-order valence-electron chi connectivity index (χ3n) is 4.90. The molecule has 154 valence electrons. The second-order valence-electron chi connectivity index (χ2n) is 6.89. The van der Waals surface area contributed by atoms with E-state index in [4.69, 9.17) is 17.2 Å². The molecule has 1 unspecified atom stereocenters. The Morgan fingerprint density at radius 2 is 2.00 bits per heavy atom. The molecule has 3 rings (SSSR count). The van der Waals surface area contributed by atoms with Crippen LogP contribution in [0.25, 0.3) is 0 Å². The summed E-state index contributed by atoms with van der Waals surface area (Å²) in [6.07, 6.45) is 0.465. The summed E-state index contributed by atoms with van der Waals surface area (Å²) in [5.74, 6) is -1.61. The molecule has 2 amide bonds. The Morgan fingerprint density at radius 1 is 1.31 bits per heavy atom. The quantitative estimate of drug-likeness (QED) is 0.206. The van der Waals surface area contributed by atoms with Gasteiger partial charge in [-0.25, -0.2) is 0 Å². The lowest BCUT2D eigenvalue weighted by molar-refractivity contribution is -0.118. The van der Waals surface area contributed by atoms with Crippen molar-refractivity contribution in [2.45, 2.75) is 23.8 Å². The standard InChI is InChI=1S/C19H22BrN5O3S/c1-25-7-6-10-14(18(23)28)19(29-15(10)16(25)20)24-12(17(22)27)8-13(26)9-4-2-3-5-11(9)21/h2-5,12,16,24H,6-8,21H2,1H3,(H2,22,27)(H2,23,28)/t12-,16?/m0/s1. The number of nitrogens with zero attached hydrogens (tertiary/aromatic N) is 1. The van der Waals surface area contributed by atoms with Gasteiger partial charge in [0.05, 0.1) is 5.56 Å². The normalized spacial score (nSPS) is 17.4. The molecule has 2 heterocycles. The zero-order valence-corrected chi connectivity index (χ0v) is 18.2. The Kier molecular flexibility index (Phi) is 6.25. The molecule has 1 aromatic carbocycles. The largest absolute Gasteiger partial charge is 0.398 e. The van der Waals surface area contributed by atoms with Gasteiger partial charge in [-0.2, -0.15) is 0 Å². The van der Waals surface area contributed by atoms with Crippen molar-refractivity contribution in [1.82, 2.24) is 4.90 Å². The summed E-state index contributed by atoms with van der Waals surface area (Å²) in [7, 11) is 1.97. The van der Waals surface area contributed by atoms with E-state index < -0.39 is 17.9 Å². The minimum atomic E-state index is -1.01. The Labute approximate surface area is 180 Å². The first-order valence-corrected chi connectivity index (χ1v) is 10.7. The number of amides is 2. The van der Waals surface area contributed by atoms with Crippen LogP contribution in [0.4, 0.5) is 10.7 Å². The van der Waals surface area contributed by atoms with Gasteiger partial charge in [0.2, 0.25) is 5.91 Å². The molecule has 2 atom stereocenters. The van der Waals surface area contributed by atoms with Crippen molar-refractivity contribution in [3.63, 3.8) is 0 Å². The van der Waals surface area contributed by atoms with Crippen LogP contribution >= 0.6 is 27.3 Å². The summed E-state index contributed by atoms with van der Waals surface area (Å²) in [4.78, 5) is 39.8. The molecule has 0 bridgehead atoms. The minimum absolute atomic E-state index is 0.0670. The van der Waals surface area contributed by atoms with E-state index in [1.54, 1.807) is 24.3 Å². The molecule has 8 nitrogen and oxygen atoms in total. The van der Waals surface area contributed by atoms with Gasteiger partial charge >= 0.3 is 0 Å². The SMILES string of the molecule is CN1CCc2c(sc(N[C@@H](CC(=O)c3ccccc3N)C(N)=O)c2C(N)=O)C1Br. The molecule has 2 aromatic rings. The number of carbonyl (C=O) groups excluding carboxylic acids is 3. The van der Waals surface area contributed by atoms with E-state index in [1.807, 2.05) is 7.05 Å². The molecule has 29 heavy (non-hydrogen) atoms. The maximum atomic E-state index is 12.6. The second-order valence-corrected chi connectivity index (χ2v) is 8.81. The van der Waals surface area contributed by atoms with Crippen molar-refractivity contribution in [2.24, 2.45) is 11.5 Å². The monoisotopic (exact) mass is 479 g/mol. The number of nitrogens with two attached hydrogens (primary N) is 3. The van der Waals surface area contributed by atoms with E-state index in [1.165, 1.54) is 11.3 Å². The summed E-state index contributed by atoms with van der Waals surface area (Å²) < 4.78 is 0. The van der Waals surface area contributed by atoms with E-state index >= 15 is 0 Å². The number of hydrogen-bond acceptors (Lipinski definition) is 7. The maximum absolute atomic E-state index is 12.6. The zero-order valence-electron chi connectivity index (χ0n) is 15.8. The number of halogens is 1. The third kappa shape index (κ3) is 4.29. The first-order valence-electron chi connectivity index (χ1n) is 8.94. The molecule has 0 radical (unpaired) electrons. The lowest BCUT2D eigenvalue weighted by atomic mass is 10.0. The predicted molar refractivity (Wildman–Crippen MR) is 117 cm³/mol. The second kappa shape index (κ2) is 8.52. The molecular weight excluding hydrogens is 458 g/mol. The van der Waals surface area contributed by atoms with Crippen molar-refractivity contribution in [3.8, 4) is 0 Å². The van der Waals surface area contributed by atoms with Gasteiger partial charge < -0.3 is 22.5 Å². The van der Waals surface area contributed by atoms with Crippen LogP contribution in [0.15, 0.2) is 24.3 Å². The molecule has 0 aliphatic carbocycles. The fraction of sp³-hybridized carbons (Fsp3) is 0.316. The Morgan fingerprint density at radius 3 is 2.62 bits per heavy atom. The topological polar surface area (TPSA) is 145 Å². The smallest absolute Gasteiger partial charge is 0.251 e. The number of ketones is 1. The van der Waals surface area contributed by atoms with Gasteiger partial charge in [0.15, 0.2) is 5.78 Å². The molecule has 1 aromatic heterocycles. The van der Waals surface area contributed by atoms with Crippen molar-refractivity contribution in [3.05, 3.63) is 45.8 Å². The van der Waals surface area contributed by atoms with Gasteiger partial charge in [-0.15, -0.1) is 11.3 Å². The average Bonchev–Trinajstić information content (AvgIpc) is 3.03. The predicted octanol–water partition coefficient (Wildman–Crippen LogP) is 1.85. The van der Waals surface area contributed by atoms with Crippen molar-refractivity contribution >= 4 is 55.6 Å². The zero-order chi connectivity index (χ0) is 21.3. The highest BCUT2D eigenvalue weighted by atomic mass is 79.9. The summed E-state index contributed by atoms with van der Waals surface area (Å²) in [5.41, 5.74) is 18.9. The van der Waals surface area contributed by atoms with Crippen molar-refractivity contribution in [1.29, 1.82) is 0 Å². The van der Waals surface area contributed by atoms with Crippen LogP contribution in [0.5, 0.6) is 0 Å². The molecular formula is C19H22BrN5O3S. The number of primary amides is 2. The minimum Gasteiger partial charge on any atom is -0.398 e. The van der Waals surface area contributed by atoms with E-state index in [0.29, 0.717) is 28.2 Å². The van der Waals surface area contributed by atoms with Crippen LogP contribution in [-0.4, -0.2) is 42.1 Å². The number of para-hydroxylation sites is 1. The fourth-order valence-electron chi connectivity index (χ4n) is 3.31.